The van der Waals surface area contributed by atoms with Crippen LogP contribution in [0.1, 0.15) is 13.8 Å². The first-order chi connectivity index (χ1) is 8.05. The van der Waals surface area contributed by atoms with Crippen molar-refractivity contribution >= 4 is 43.0 Å². The van der Waals surface area contributed by atoms with E-state index in [0.717, 1.165) is 10.7 Å². The molecule has 0 atom stereocenters. The van der Waals surface area contributed by atoms with Crippen molar-refractivity contribution < 1.29 is 13.2 Å². The Bertz CT molecular complexity index is 582. The molecule has 0 spiro atoms. The molecule has 1 aromatic carbocycles. The minimum absolute atomic E-state index is 0.363. The van der Waals surface area contributed by atoms with Crippen LogP contribution in [0.4, 0.5) is 11.4 Å². The molecule has 1 amide bonds. The summed E-state index contributed by atoms with van der Waals surface area (Å²) in [5, 5.41) is 2.52. The van der Waals surface area contributed by atoms with E-state index >= 15 is 0 Å². The predicted molar refractivity (Wildman–Crippen MR) is 76.1 cm³/mol. The molecule has 0 aromatic heterocycles. The van der Waals surface area contributed by atoms with E-state index in [4.69, 9.17) is 5.73 Å². The fourth-order valence-corrected chi connectivity index (χ4v) is 1.86. The SMILES string of the molecule is CC(C)(C(=O)Nc1ccc(Br)cc1N)S(C)(=O)=O. The van der Waals surface area contributed by atoms with E-state index in [0.29, 0.717) is 11.4 Å². The van der Waals surface area contributed by atoms with Crippen LogP contribution < -0.4 is 11.1 Å². The topological polar surface area (TPSA) is 89.3 Å². The van der Waals surface area contributed by atoms with Crippen LogP contribution in [0.3, 0.4) is 0 Å². The lowest BCUT2D eigenvalue weighted by atomic mass is 10.2. The predicted octanol–water partition coefficient (Wildman–Crippen LogP) is 1.79. The smallest absolute Gasteiger partial charge is 0.245 e. The van der Waals surface area contributed by atoms with Gasteiger partial charge in [0.25, 0.3) is 0 Å². The Kier molecular flexibility index (Phi) is 4.07. The number of sulfone groups is 1. The number of benzene rings is 1. The molecule has 5 nitrogen and oxygen atoms in total. The van der Waals surface area contributed by atoms with Gasteiger partial charge in [-0.05, 0) is 32.0 Å². The highest BCUT2D eigenvalue weighted by atomic mass is 79.9. The van der Waals surface area contributed by atoms with Gasteiger partial charge in [0.2, 0.25) is 5.91 Å². The molecule has 1 rings (SSSR count). The van der Waals surface area contributed by atoms with Crippen molar-refractivity contribution in [3.63, 3.8) is 0 Å². The van der Waals surface area contributed by atoms with Crippen molar-refractivity contribution in [2.24, 2.45) is 0 Å². The van der Waals surface area contributed by atoms with Gasteiger partial charge in [-0.15, -0.1) is 0 Å². The Balaban J connectivity index is 3.02. The molecule has 0 fully saturated rings. The summed E-state index contributed by atoms with van der Waals surface area (Å²) in [6, 6.07) is 4.94. The summed E-state index contributed by atoms with van der Waals surface area (Å²) in [4.78, 5) is 12.0. The summed E-state index contributed by atoms with van der Waals surface area (Å²) in [5.41, 5.74) is 6.48. The third-order valence-electron chi connectivity index (χ3n) is 2.74. The van der Waals surface area contributed by atoms with Crippen LogP contribution >= 0.6 is 15.9 Å². The first-order valence-corrected chi connectivity index (χ1v) is 7.80. The van der Waals surface area contributed by atoms with Gasteiger partial charge in [0.15, 0.2) is 9.84 Å². The molecule has 0 aliphatic rings. The number of nitrogens with two attached hydrogens (primary N) is 1. The Morgan fingerprint density at radius 1 is 1.39 bits per heavy atom. The number of carbonyl (C=O) groups excluding carboxylic acids is 1. The van der Waals surface area contributed by atoms with E-state index in [1.54, 1.807) is 18.2 Å². The second kappa shape index (κ2) is 4.89. The molecule has 3 N–H and O–H groups in total. The molecule has 0 saturated heterocycles. The second-order valence-corrected chi connectivity index (χ2v) is 7.95. The van der Waals surface area contributed by atoms with Crippen molar-refractivity contribution in [2.45, 2.75) is 18.6 Å². The summed E-state index contributed by atoms with van der Waals surface area (Å²) in [6.07, 6.45) is 1.03. The van der Waals surface area contributed by atoms with E-state index in [-0.39, 0.29) is 0 Å². The molecule has 18 heavy (non-hydrogen) atoms. The lowest BCUT2D eigenvalue weighted by Gasteiger charge is -2.22. The van der Waals surface area contributed by atoms with Gasteiger partial charge in [-0.2, -0.15) is 0 Å². The third kappa shape index (κ3) is 3.02. The Morgan fingerprint density at radius 3 is 2.39 bits per heavy atom. The molecule has 0 heterocycles. The molecule has 0 unspecified atom stereocenters. The number of carbonyl (C=O) groups is 1. The summed E-state index contributed by atoms with van der Waals surface area (Å²) < 4.78 is 22.3. The van der Waals surface area contributed by atoms with Crippen molar-refractivity contribution in [1.82, 2.24) is 0 Å². The van der Waals surface area contributed by atoms with Gasteiger partial charge >= 0.3 is 0 Å². The second-order valence-electron chi connectivity index (χ2n) is 4.47. The van der Waals surface area contributed by atoms with Crippen LogP contribution in [-0.2, 0) is 14.6 Å². The molecule has 0 saturated carbocycles. The van der Waals surface area contributed by atoms with Crippen LogP contribution in [-0.4, -0.2) is 25.3 Å². The molecule has 0 bridgehead atoms. The third-order valence-corrected chi connectivity index (χ3v) is 5.27. The lowest BCUT2D eigenvalue weighted by Crippen LogP contribution is -2.43. The van der Waals surface area contributed by atoms with E-state index in [2.05, 4.69) is 21.2 Å². The number of halogens is 1. The molecule has 100 valence electrons. The highest BCUT2D eigenvalue weighted by Gasteiger charge is 2.38. The van der Waals surface area contributed by atoms with Crippen molar-refractivity contribution in [1.29, 1.82) is 0 Å². The van der Waals surface area contributed by atoms with Gasteiger partial charge in [0, 0.05) is 10.7 Å². The van der Waals surface area contributed by atoms with Gasteiger partial charge in [-0.1, -0.05) is 15.9 Å². The fraction of sp³-hybridized carbons (Fsp3) is 0.364. The number of nitrogen functional groups attached to an aromatic ring is 1. The summed E-state index contributed by atoms with van der Waals surface area (Å²) in [6.45, 7) is 2.71. The van der Waals surface area contributed by atoms with Crippen LogP contribution in [0.15, 0.2) is 22.7 Å². The highest BCUT2D eigenvalue weighted by Crippen LogP contribution is 2.25. The van der Waals surface area contributed by atoms with Crippen LogP contribution in [0, 0.1) is 0 Å². The quantitative estimate of drug-likeness (QED) is 0.824. The zero-order chi connectivity index (χ0) is 14.1. The minimum Gasteiger partial charge on any atom is -0.397 e. The number of hydrogen-bond donors (Lipinski definition) is 2. The average molecular weight is 335 g/mol. The standard InChI is InChI=1S/C11H15BrN2O3S/c1-11(2,18(3,16)17)10(15)14-9-5-4-7(12)6-8(9)13/h4-6H,13H2,1-3H3,(H,14,15). The fourth-order valence-electron chi connectivity index (χ4n) is 1.09. The summed E-state index contributed by atoms with van der Waals surface area (Å²) in [7, 11) is -3.50. The zero-order valence-electron chi connectivity index (χ0n) is 10.3. The average Bonchev–Trinajstić information content (AvgIpc) is 2.20. The number of rotatable bonds is 3. The maximum absolute atomic E-state index is 12.0. The Morgan fingerprint density at radius 2 is 1.94 bits per heavy atom. The number of amides is 1. The lowest BCUT2D eigenvalue weighted by molar-refractivity contribution is -0.117. The summed E-state index contributed by atoms with van der Waals surface area (Å²) >= 11 is 3.25. The van der Waals surface area contributed by atoms with E-state index in [9.17, 15) is 13.2 Å². The van der Waals surface area contributed by atoms with Crippen LogP contribution in [0.5, 0.6) is 0 Å². The zero-order valence-corrected chi connectivity index (χ0v) is 12.7. The maximum atomic E-state index is 12.0. The van der Waals surface area contributed by atoms with Gasteiger partial charge in [0.05, 0.1) is 11.4 Å². The molecular weight excluding hydrogens is 320 g/mol. The van der Waals surface area contributed by atoms with Gasteiger partial charge in [-0.25, -0.2) is 8.42 Å². The largest absolute Gasteiger partial charge is 0.397 e. The Hall–Kier alpha value is -1.08. The van der Waals surface area contributed by atoms with E-state index < -0.39 is 20.5 Å². The van der Waals surface area contributed by atoms with Gasteiger partial charge < -0.3 is 11.1 Å². The molecule has 0 aliphatic carbocycles. The normalized spacial score (nSPS) is 12.2. The minimum atomic E-state index is -3.50. The van der Waals surface area contributed by atoms with Crippen LogP contribution in [0.2, 0.25) is 0 Å². The van der Waals surface area contributed by atoms with Crippen molar-refractivity contribution in [2.75, 3.05) is 17.3 Å². The summed E-state index contributed by atoms with van der Waals surface area (Å²) in [5.74, 6) is -0.612. The Labute approximate surface area is 115 Å². The molecule has 7 heteroatoms. The first kappa shape index (κ1) is 15.0. The van der Waals surface area contributed by atoms with E-state index in [1.165, 1.54) is 13.8 Å². The molecule has 0 radical (unpaired) electrons. The van der Waals surface area contributed by atoms with E-state index in [1.807, 2.05) is 0 Å². The molecular formula is C11H15BrN2O3S. The maximum Gasteiger partial charge on any atom is 0.245 e. The first-order valence-electron chi connectivity index (χ1n) is 5.12. The number of nitrogens with one attached hydrogen (secondary N) is 1. The highest BCUT2D eigenvalue weighted by molar-refractivity contribution is 9.10. The molecule has 0 aliphatic heterocycles. The van der Waals surface area contributed by atoms with Gasteiger partial charge in [0.1, 0.15) is 4.75 Å². The van der Waals surface area contributed by atoms with Crippen molar-refractivity contribution in [3.8, 4) is 0 Å². The number of hydrogen-bond acceptors (Lipinski definition) is 4. The van der Waals surface area contributed by atoms with Crippen molar-refractivity contribution in [3.05, 3.63) is 22.7 Å². The number of anilines is 2. The van der Waals surface area contributed by atoms with Gasteiger partial charge in [-0.3, -0.25) is 4.79 Å². The monoisotopic (exact) mass is 334 g/mol. The van der Waals surface area contributed by atoms with Crippen LogP contribution in [0.25, 0.3) is 0 Å². The molecule has 1 aromatic rings.